The van der Waals surface area contributed by atoms with Crippen LogP contribution in [-0.2, 0) is 6.54 Å². The zero-order valence-electron chi connectivity index (χ0n) is 8.81. The van der Waals surface area contributed by atoms with E-state index in [1.807, 2.05) is 30.3 Å². The van der Waals surface area contributed by atoms with E-state index in [1.165, 1.54) is 4.88 Å². The first-order valence-electron chi connectivity index (χ1n) is 5.16. The average molecular weight is 281 g/mol. The number of nitrogens with one attached hydrogen (secondary N) is 1. The monoisotopic (exact) mass is 280 g/mol. The van der Waals surface area contributed by atoms with Gasteiger partial charge in [0.25, 0.3) is 0 Å². The zero-order chi connectivity index (χ0) is 11.8. The van der Waals surface area contributed by atoms with E-state index in [4.69, 9.17) is 23.8 Å². The predicted octanol–water partition coefficient (Wildman–Crippen LogP) is 4.46. The lowest BCUT2D eigenvalue weighted by molar-refractivity contribution is 0.823. The fourth-order valence-electron chi connectivity index (χ4n) is 1.86. The van der Waals surface area contributed by atoms with Gasteiger partial charge in [0.2, 0.25) is 0 Å². The van der Waals surface area contributed by atoms with Crippen molar-refractivity contribution in [3.8, 4) is 0 Å². The fourth-order valence-corrected chi connectivity index (χ4v) is 3.21. The third-order valence-electron chi connectivity index (χ3n) is 2.62. The summed E-state index contributed by atoms with van der Waals surface area (Å²) in [6, 6.07) is 12.1. The molecule has 0 unspecified atom stereocenters. The van der Waals surface area contributed by atoms with Gasteiger partial charge in [-0.2, -0.15) is 0 Å². The number of H-pyrrole nitrogens is 1. The maximum absolute atomic E-state index is 5.93. The van der Waals surface area contributed by atoms with Gasteiger partial charge in [0.15, 0.2) is 4.77 Å². The second-order valence-electron chi connectivity index (χ2n) is 3.74. The van der Waals surface area contributed by atoms with Gasteiger partial charge in [-0.1, -0.05) is 23.7 Å². The molecule has 0 aliphatic heterocycles. The number of halogens is 1. The van der Waals surface area contributed by atoms with Crippen molar-refractivity contribution in [1.29, 1.82) is 0 Å². The number of hydrogen-bond donors (Lipinski definition) is 1. The summed E-state index contributed by atoms with van der Waals surface area (Å²) in [6.07, 6.45) is 0. The van der Waals surface area contributed by atoms with E-state index in [-0.39, 0.29) is 0 Å². The number of benzene rings is 1. The summed E-state index contributed by atoms with van der Waals surface area (Å²) >= 11 is 12.9. The second-order valence-corrected chi connectivity index (χ2v) is 5.93. The van der Waals surface area contributed by atoms with Crippen LogP contribution in [0.15, 0.2) is 36.4 Å². The molecular weight excluding hydrogens is 272 g/mol. The van der Waals surface area contributed by atoms with Gasteiger partial charge in [-0.25, -0.2) is 0 Å². The van der Waals surface area contributed by atoms with Crippen LogP contribution in [0.1, 0.15) is 4.88 Å². The molecule has 0 atom stereocenters. The maximum atomic E-state index is 5.93. The van der Waals surface area contributed by atoms with Gasteiger partial charge in [-0.3, -0.25) is 0 Å². The highest BCUT2D eigenvalue weighted by Gasteiger charge is 2.05. The number of hydrogen-bond acceptors (Lipinski definition) is 2. The first-order valence-corrected chi connectivity index (χ1v) is 6.76. The van der Waals surface area contributed by atoms with E-state index in [9.17, 15) is 0 Å². The normalized spacial score (nSPS) is 11.1. The van der Waals surface area contributed by atoms with E-state index in [1.54, 1.807) is 11.3 Å². The van der Waals surface area contributed by atoms with E-state index in [0.29, 0.717) is 0 Å². The molecule has 0 bridgehead atoms. The number of fused-ring (bicyclic) bond motifs is 1. The van der Waals surface area contributed by atoms with Crippen LogP contribution in [0, 0.1) is 4.77 Å². The van der Waals surface area contributed by atoms with Gasteiger partial charge in [0.1, 0.15) is 0 Å². The SMILES string of the molecule is S=c1[nH]c2ccccc2n1Cc1ccc(Cl)s1. The van der Waals surface area contributed by atoms with Gasteiger partial charge in [0, 0.05) is 4.88 Å². The Morgan fingerprint density at radius 2 is 2.06 bits per heavy atom. The Bertz CT molecular complexity index is 723. The van der Waals surface area contributed by atoms with Gasteiger partial charge >= 0.3 is 0 Å². The molecular formula is C12H9ClN2S2. The molecule has 0 fully saturated rings. The Balaban J connectivity index is 2.11. The van der Waals surface area contributed by atoms with Gasteiger partial charge < -0.3 is 9.55 Å². The summed E-state index contributed by atoms with van der Waals surface area (Å²) < 4.78 is 3.65. The van der Waals surface area contributed by atoms with Gasteiger partial charge in [-0.05, 0) is 36.5 Å². The number of aromatic nitrogens is 2. The van der Waals surface area contributed by atoms with E-state index >= 15 is 0 Å². The maximum Gasteiger partial charge on any atom is 0.178 e. The Hall–Kier alpha value is -1.10. The van der Waals surface area contributed by atoms with Crippen molar-refractivity contribution in [3.63, 3.8) is 0 Å². The Kier molecular flexibility index (Phi) is 2.78. The smallest absolute Gasteiger partial charge is 0.178 e. The molecule has 3 aromatic rings. The molecule has 1 aromatic carbocycles. The molecule has 3 rings (SSSR count). The summed E-state index contributed by atoms with van der Waals surface area (Å²) in [4.78, 5) is 4.41. The molecule has 2 aromatic heterocycles. The number of imidazole rings is 1. The molecule has 1 N–H and O–H groups in total. The van der Waals surface area contributed by atoms with E-state index in [2.05, 4.69) is 15.6 Å². The summed E-state index contributed by atoms with van der Waals surface area (Å²) in [5.74, 6) is 0. The molecule has 0 radical (unpaired) electrons. The van der Waals surface area contributed by atoms with Crippen LogP contribution in [-0.4, -0.2) is 9.55 Å². The van der Waals surface area contributed by atoms with Crippen LogP contribution >= 0.6 is 35.2 Å². The molecule has 0 amide bonds. The first-order chi connectivity index (χ1) is 8.24. The van der Waals surface area contributed by atoms with Crippen LogP contribution < -0.4 is 0 Å². The lowest BCUT2D eigenvalue weighted by atomic mass is 10.3. The summed E-state index contributed by atoms with van der Waals surface area (Å²) in [5.41, 5.74) is 2.20. The lowest BCUT2D eigenvalue weighted by Gasteiger charge is -2.01. The number of aromatic amines is 1. The molecule has 0 aliphatic rings. The predicted molar refractivity (Wildman–Crippen MR) is 75.6 cm³/mol. The van der Waals surface area contributed by atoms with Crippen LogP contribution in [0.3, 0.4) is 0 Å². The molecule has 86 valence electrons. The van der Waals surface area contributed by atoms with Gasteiger partial charge in [0.05, 0.1) is 21.9 Å². The standard InChI is InChI=1S/C12H9ClN2S2/c13-11-6-5-8(17-11)7-15-10-4-2-1-3-9(10)14-12(15)16/h1-6H,7H2,(H,14,16). The minimum absolute atomic E-state index is 0.746. The van der Waals surface area contributed by atoms with E-state index in [0.717, 1.165) is 26.7 Å². The number of para-hydroxylation sites is 2. The lowest BCUT2D eigenvalue weighted by Crippen LogP contribution is -1.97. The van der Waals surface area contributed by atoms with Crippen molar-refractivity contribution in [3.05, 3.63) is 50.4 Å². The molecule has 0 saturated heterocycles. The quantitative estimate of drug-likeness (QED) is 0.687. The fraction of sp³-hybridized carbons (Fsp3) is 0.0833. The Labute approximate surface area is 112 Å². The average Bonchev–Trinajstić information content (AvgIpc) is 2.85. The molecule has 0 aliphatic carbocycles. The van der Waals surface area contributed by atoms with E-state index < -0.39 is 0 Å². The van der Waals surface area contributed by atoms with Crippen molar-refractivity contribution in [2.75, 3.05) is 0 Å². The number of rotatable bonds is 2. The van der Waals surface area contributed by atoms with Crippen LogP contribution in [0.4, 0.5) is 0 Å². The summed E-state index contributed by atoms with van der Waals surface area (Å²) in [5, 5.41) is 0. The van der Waals surface area contributed by atoms with Gasteiger partial charge in [-0.15, -0.1) is 11.3 Å². The molecule has 2 nitrogen and oxygen atoms in total. The second kappa shape index (κ2) is 4.29. The zero-order valence-corrected chi connectivity index (χ0v) is 11.2. The Morgan fingerprint density at radius 3 is 2.82 bits per heavy atom. The van der Waals surface area contributed by atoms with Crippen LogP contribution in [0.2, 0.25) is 4.34 Å². The summed E-state index contributed by atoms with van der Waals surface area (Å²) in [6.45, 7) is 0.764. The number of nitrogens with zero attached hydrogens (tertiary/aromatic N) is 1. The van der Waals surface area contributed by atoms with Crippen molar-refractivity contribution in [2.24, 2.45) is 0 Å². The Morgan fingerprint density at radius 1 is 1.24 bits per heavy atom. The summed E-state index contributed by atoms with van der Waals surface area (Å²) in [7, 11) is 0. The molecule has 17 heavy (non-hydrogen) atoms. The topological polar surface area (TPSA) is 20.7 Å². The van der Waals surface area contributed by atoms with Crippen LogP contribution in [0.5, 0.6) is 0 Å². The van der Waals surface area contributed by atoms with Crippen molar-refractivity contribution < 1.29 is 0 Å². The molecule has 0 saturated carbocycles. The molecule has 5 heteroatoms. The van der Waals surface area contributed by atoms with Crippen LogP contribution in [0.25, 0.3) is 11.0 Å². The highest BCUT2D eigenvalue weighted by Crippen LogP contribution is 2.24. The first kappa shape index (κ1) is 11.0. The minimum atomic E-state index is 0.746. The molecule has 0 spiro atoms. The highest BCUT2D eigenvalue weighted by atomic mass is 35.5. The number of thiophene rings is 1. The third-order valence-corrected chi connectivity index (χ3v) is 4.16. The molecule has 2 heterocycles. The highest BCUT2D eigenvalue weighted by molar-refractivity contribution is 7.71. The van der Waals surface area contributed by atoms with Crippen molar-refractivity contribution in [2.45, 2.75) is 6.54 Å². The third kappa shape index (κ3) is 2.04. The minimum Gasteiger partial charge on any atom is -0.331 e. The largest absolute Gasteiger partial charge is 0.331 e. The van der Waals surface area contributed by atoms with Crippen molar-refractivity contribution >= 4 is 46.2 Å². The van der Waals surface area contributed by atoms with Crippen molar-refractivity contribution in [1.82, 2.24) is 9.55 Å².